The van der Waals surface area contributed by atoms with Crippen LogP contribution in [-0.2, 0) is 6.54 Å². The fourth-order valence-electron chi connectivity index (χ4n) is 1.52. The Morgan fingerprint density at radius 1 is 1.17 bits per heavy atom. The number of nitrogens with one attached hydrogen (secondary N) is 1. The number of anilines is 1. The van der Waals surface area contributed by atoms with Crippen LogP contribution in [-0.4, -0.2) is 0 Å². The Morgan fingerprint density at radius 3 is 2.50 bits per heavy atom. The van der Waals surface area contributed by atoms with Gasteiger partial charge in [-0.15, -0.1) is 0 Å². The third-order valence-electron chi connectivity index (χ3n) is 2.50. The lowest BCUT2D eigenvalue weighted by molar-refractivity contribution is 0.627. The Labute approximate surface area is 110 Å². The summed E-state index contributed by atoms with van der Waals surface area (Å²) >= 11 is 5.92. The molecule has 0 heterocycles. The van der Waals surface area contributed by atoms with Crippen LogP contribution in [0.3, 0.4) is 0 Å². The number of hydrogen-bond donors (Lipinski definition) is 1. The molecule has 4 heteroatoms. The summed E-state index contributed by atoms with van der Waals surface area (Å²) in [5.74, 6) is -0.250. The lowest BCUT2D eigenvalue weighted by Crippen LogP contribution is -1.99. The molecule has 0 saturated heterocycles. The normalized spacial score (nSPS) is 9.83. The van der Waals surface area contributed by atoms with Gasteiger partial charge in [0.05, 0.1) is 10.6 Å². The van der Waals surface area contributed by atoms with Crippen molar-refractivity contribution in [2.45, 2.75) is 6.54 Å². The first-order chi connectivity index (χ1) is 8.69. The van der Waals surface area contributed by atoms with Gasteiger partial charge in [-0.25, -0.2) is 4.39 Å². The van der Waals surface area contributed by atoms with Crippen molar-refractivity contribution in [3.63, 3.8) is 0 Å². The van der Waals surface area contributed by atoms with Gasteiger partial charge in [-0.05, 0) is 35.9 Å². The van der Waals surface area contributed by atoms with E-state index < -0.39 is 0 Å². The fraction of sp³-hybridized carbons (Fsp3) is 0.0714. The van der Waals surface area contributed by atoms with E-state index in [1.165, 1.54) is 12.1 Å². The smallest absolute Gasteiger partial charge is 0.123 e. The minimum absolute atomic E-state index is 0.250. The zero-order valence-corrected chi connectivity index (χ0v) is 10.2. The molecule has 0 radical (unpaired) electrons. The lowest BCUT2D eigenvalue weighted by atomic mass is 10.2. The second-order valence-electron chi connectivity index (χ2n) is 3.79. The summed E-state index contributed by atoms with van der Waals surface area (Å²) in [5.41, 5.74) is 2.24. The third-order valence-corrected chi connectivity index (χ3v) is 2.81. The molecule has 0 unspecified atom stereocenters. The highest BCUT2D eigenvalue weighted by atomic mass is 35.5. The molecular weight excluding hydrogens is 251 g/mol. The van der Waals surface area contributed by atoms with Gasteiger partial charge in [-0.1, -0.05) is 23.7 Å². The number of rotatable bonds is 3. The van der Waals surface area contributed by atoms with Crippen molar-refractivity contribution >= 4 is 17.3 Å². The predicted octanol–water partition coefficient (Wildman–Crippen LogP) is 3.96. The van der Waals surface area contributed by atoms with E-state index in [-0.39, 0.29) is 5.82 Å². The summed E-state index contributed by atoms with van der Waals surface area (Å²) in [7, 11) is 0. The topological polar surface area (TPSA) is 35.8 Å². The van der Waals surface area contributed by atoms with Gasteiger partial charge in [0.15, 0.2) is 0 Å². The van der Waals surface area contributed by atoms with Gasteiger partial charge in [0, 0.05) is 12.2 Å². The van der Waals surface area contributed by atoms with E-state index in [9.17, 15) is 4.39 Å². The summed E-state index contributed by atoms with van der Waals surface area (Å²) in [5, 5.41) is 12.3. The minimum Gasteiger partial charge on any atom is -0.381 e. The van der Waals surface area contributed by atoms with Crippen LogP contribution in [0.15, 0.2) is 42.5 Å². The molecule has 90 valence electrons. The van der Waals surface area contributed by atoms with Crippen LogP contribution in [0.2, 0.25) is 5.02 Å². The van der Waals surface area contributed by atoms with Crippen molar-refractivity contribution in [3.8, 4) is 6.07 Å². The summed E-state index contributed by atoms with van der Waals surface area (Å²) in [6.07, 6.45) is 0. The van der Waals surface area contributed by atoms with Crippen LogP contribution in [0.4, 0.5) is 10.1 Å². The number of benzene rings is 2. The maximum atomic E-state index is 12.7. The molecule has 0 saturated carbocycles. The summed E-state index contributed by atoms with van der Waals surface area (Å²) in [6.45, 7) is 0.572. The van der Waals surface area contributed by atoms with Gasteiger partial charge in [-0.2, -0.15) is 5.26 Å². The van der Waals surface area contributed by atoms with Gasteiger partial charge >= 0.3 is 0 Å². The average Bonchev–Trinajstić information content (AvgIpc) is 2.38. The van der Waals surface area contributed by atoms with E-state index >= 15 is 0 Å². The van der Waals surface area contributed by atoms with Crippen molar-refractivity contribution < 1.29 is 4.39 Å². The van der Waals surface area contributed by atoms with E-state index in [2.05, 4.69) is 5.32 Å². The first kappa shape index (κ1) is 12.4. The van der Waals surface area contributed by atoms with Gasteiger partial charge < -0.3 is 5.32 Å². The van der Waals surface area contributed by atoms with Crippen LogP contribution in [0.1, 0.15) is 11.1 Å². The Hall–Kier alpha value is -2.05. The molecule has 0 aromatic heterocycles. The summed E-state index contributed by atoms with van der Waals surface area (Å²) in [4.78, 5) is 0. The minimum atomic E-state index is -0.250. The molecule has 18 heavy (non-hydrogen) atoms. The van der Waals surface area contributed by atoms with E-state index in [0.29, 0.717) is 17.1 Å². The van der Waals surface area contributed by atoms with E-state index in [4.69, 9.17) is 16.9 Å². The van der Waals surface area contributed by atoms with Crippen molar-refractivity contribution in [3.05, 3.63) is 64.4 Å². The molecule has 2 rings (SSSR count). The molecular formula is C14H10ClFN2. The van der Waals surface area contributed by atoms with Crippen molar-refractivity contribution in [1.29, 1.82) is 5.26 Å². The maximum absolute atomic E-state index is 12.7. The highest BCUT2D eigenvalue weighted by Crippen LogP contribution is 2.20. The molecule has 2 aromatic rings. The Kier molecular flexibility index (Phi) is 3.81. The molecule has 0 spiro atoms. The molecule has 1 N–H and O–H groups in total. The van der Waals surface area contributed by atoms with Gasteiger partial charge in [0.1, 0.15) is 11.9 Å². The number of nitrogens with zero attached hydrogens (tertiary/aromatic N) is 1. The van der Waals surface area contributed by atoms with E-state index in [0.717, 1.165) is 11.3 Å². The standard InChI is InChI=1S/C14H10ClFN2/c15-14-7-13(6-3-11(14)8-17)18-9-10-1-4-12(16)5-2-10/h1-7,18H,9H2. The first-order valence-corrected chi connectivity index (χ1v) is 5.75. The average molecular weight is 261 g/mol. The number of nitriles is 1. The van der Waals surface area contributed by atoms with Gasteiger partial charge in [0.25, 0.3) is 0 Å². The highest BCUT2D eigenvalue weighted by molar-refractivity contribution is 6.32. The van der Waals surface area contributed by atoms with E-state index in [1.54, 1.807) is 30.3 Å². The second-order valence-corrected chi connectivity index (χ2v) is 4.19. The predicted molar refractivity (Wildman–Crippen MR) is 69.9 cm³/mol. The summed E-state index contributed by atoms with van der Waals surface area (Å²) in [6, 6.07) is 13.4. The van der Waals surface area contributed by atoms with Crippen LogP contribution in [0.25, 0.3) is 0 Å². The number of halogens is 2. The van der Waals surface area contributed by atoms with Crippen LogP contribution in [0.5, 0.6) is 0 Å². The first-order valence-electron chi connectivity index (χ1n) is 5.37. The zero-order chi connectivity index (χ0) is 13.0. The largest absolute Gasteiger partial charge is 0.381 e. The molecule has 0 aliphatic heterocycles. The Morgan fingerprint density at radius 2 is 1.89 bits per heavy atom. The zero-order valence-electron chi connectivity index (χ0n) is 9.45. The third kappa shape index (κ3) is 2.99. The molecule has 0 fully saturated rings. The van der Waals surface area contributed by atoms with Crippen molar-refractivity contribution in [2.24, 2.45) is 0 Å². The molecule has 0 aliphatic carbocycles. The molecule has 0 atom stereocenters. The fourth-order valence-corrected chi connectivity index (χ4v) is 1.74. The van der Waals surface area contributed by atoms with Gasteiger partial charge in [0.2, 0.25) is 0 Å². The highest BCUT2D eigenvalue weighted by Gasteiger charge is 2.01. The van der Waals surface area contributed by atoms with Crippen molar-refractivity contribution in [2.75, 3.05) is 5.32 Å². The molecule has 0 aliphatic rings. The van der Waals surface area contributed by atoms with Crippen LogP contribution < -0.4 is 5.32 Å². The maximum Gasteiger partial charge on any atom is 0.123 e. The second kappa shape index (κ2) is 5.52. The SMILES string of the molecule is N#Cc1ccc(NCc2ccc(F)cc2)cc1Cl. The molecule has 0 bridgehead atoms. The Balaban J connectivity index is 2.04. The van der Waals surface area contributed by atoms with Gasteiger partial charge in [-0.3, -0.25) is 0 Å². The quantitative estimate of drug-likeness (QED) is 0.907. The summed E-state index contributed by atoms with van der Waals surface area (Å²) < 4.78 is 12.7. The Bertz CT molecular complexity index is 588. The molecule has 0 amide bonds. The van der Waals surface area contributed by atoms with E-state index in [1.807, 2.05) is 6.07 Å². The number of hydrogen-bond acceptors (Lipinski definition) is 2. The van der Waals surface area contributed by atoms with Crippen LogP contribution >= 0.6 is 11.6 Å². The monoisotopic (exact) mass is 260 g/mol. The van der Waals surface area contributed by atoms with Crippen molar-refractivity contribution in [1.82, 2.24) is 0 Å². The molecule has 2 nitrogen and oxygen atoms in total. The van der Waals surface area contributed by atoms with Crippen LogP contribution in [0, 0.1) is 17.1 Å². The lowest BCUT2D eigenvalue weighted by Gasteiger charge is -2.07. The molecule has 2 aromatic carbocycles.